The minimum Gasteiger partial charge on any atom is -0.554 e. The van der Waals surface area contributed by atoms with Gasteiger partial charge in [0.15, 0.2) is 17.3 Å². The number of piperidine rings is 1. The van der Waals surface area contributed by atoms with Crippen LogP contribution in [0.2, 0.25) is 5.02 Å². The molecule has 20 heteroatoms. The predicted octanol–water partition coefficient (Wildman–Crippen LogP) is 2.75. The molecule has 3 aromatic heterocycles. The molecule has 0 atom stereocenters. The number of methoxy groups -OCH3 is 1. The van der Waals surface area contributed by atoms with Crippen LogP contribution >= 0.6 is 11.6 Å². The minimum atomic E-state index is -4.83. The smallest absolute Gasteiger partial charge is 0.435 e. The van der Waals surface area contributed by atoms with Gasteiger partial charge in [-0.05, 0) is 30.3 Å². The summed E-state index contributed by atoms with van der Waals surface area (Å²) < 4.78 is 56.1. The highest BCUT2D eigenvalue weighted by Gasteiger charge is 2.39. The summed E-state index contributed by atoms with van der Waals surface area (Å²) in [5.74, 6) is -0.500. The number of carboxylic acid groups (broad SMARTS) is 1. The Morgan fingerprint density at radius 2 is 1.68 bits per heavy atom. The molecule has 0 spiro atoms. The summed E-state index contributed by atoms with van der Waals surface area (Å²) in [6, 6.07) is 7.45. The van der Waals surface area contributed by atoms with Crippen molar-refractivity contribution in [3.05, 3.63) is 71.0 Å². The number of anilines is 1. The van der Waals surface area contributed by atoms with Crippen LogP contribution in [-0.2, 0) is 27.5 Å². The van der Waals surface area contributed by atoms with E-state index in [4.69, 9.17) is 31.0 Å². The van der Waals surface area contributed by atoms with Crippen molar-refractivity contribution in [2.45, 2.75) is 19.0 Å². The largest absolute Gasteiger partial charge is 0.554 e. The molecule has 0 unspecified atom stereocenters. The molecule has 4 aromatic rings. The SMILES string of the molecule is COCCOc1ccc(-n2cc(-c3cnc(C(=O)Nc4ccc(C(=O)N5CCN(C(=O)C6CC[N+](C)(C)CC6)CC5)c(Cl)c4)n3C)c(C(F)(F)F)n2)nc1.O=C[O-]. The number of alkyl halides is 3. The van der Waals surface area contributed by atoms with Gasteiger partial charge in [0, 0.05) is 77.5 Å². The molecule has 0 saturated carbocycles. The molecule has 0 radical (unpaired) electrons. The number of nitrogens with one attached hydrogen (secondary N) is 1. The van der Waals surface area contributed by atoms with E-state index in [1.54, 1.807) is 11.0 Å². The van der Waals surface area contributed by atoms with Crippen LogP contribution in [0.1, 0.15) is 39.5 Å². The highest BCUT2D eigenvalue weighted by Crippen LogP contribution is 2.37. The number of likely N-dealkylation sites (tertiary alicyclic amines) is 1. The second kappa shape index (κ2) is 18.2. The van der Waals surface area contributed by atoms with Crippen LogP contribution in [0.4, 0.5) is 18.9 Å². The second-order valence-electron chi connectivity index (χ2n) is 14.1. The topological polar surface area (TPSA) is 177 Å². The zero-order valence-electron chi connectivity index (χ0n) is 31.8. The molecule has 3 amide bonds. The van der Waals surface area contributed by atoms with Crippen molar-refractivity contribution in [1.29, 1.82) is 0 Å². The number of aromatic nitrogens is 5. The molecule has 2 saturated heterocycles. The lowest BCUT2D eigenvalue weighted by Gasteiger charge is -2.40. The molecule has 6 rings (SSSR count). The number of hydrogen-bond acceptors (Lipinski definition) is 10. The fourth-order valence-corrected chi connectivity index (χ4v) is 6.88. The second-order valence-corrected chi connectivity index (χ2v) is 14.5. The molecule has 16 nitrogen and oxygen atoms in total. The van der Waals surface area contributed by atoms with Crippen molar-refractivity contribution in [2.24, 2.45) is 13.0 Å². The van der Waals surface area contributed by atoms with Crippen molar-refractivity contribution in [3.8, 4) is 22.8 Å². The zero-order chi connectivity index (χ0) is 41.5. The van der Waals surface area contributed by atoms with E-state index in [0.29, 0.717) is 38.5 Å². The van der Waals surface area contributed by atoms with E-state index in [2.05, 4.69) is 34.5 Å². The molecular weight excluding hydrogens is 775 g/mol. The summed E-state index contributed by atoms with van der Waals surface area (Å²) in [6.45, 7) is 3.68. The van der Waals surface area contributed by atoms with Crippen LogP contribution < -0.4 is 15.2 Å². The Balaban J connectivity index is 0.00000200. The zero-order valence-corrected chi connectivity index (χ0v) is 32.5. The maximum Gasteiger partial charge on any atom is 0.435 e. The van der Waals surface area contributed by atoms with Gasteiger partial charge in [-0.25, -0.2) is 14.6 Å². The van der Waals surface area contributed by atoms with Gasteiger partial charge in [0.1, 0.15) is 12.4 Å². The van der Waals surface area contributed by atoms with E-state index in [0.717, 1.165) is 41.3 Å². The van der Waals surface area contributed by atoms with Crippen LogP contribution in [0.3, 0.4) is 0 Å². The van der Waals surface area contributed by atoms with E-state index in [1.807, 2.05) is 4.90 Å². The first-order valence-electron chi connectivity index (χ1n) is 17.9. The molecule has 5 heterocycles. The van der Waals surface area contributed by atoms with Crippen LogP contribution in [-0.4, -0.2) is 136 Å². The number of benzene rings is 1. The number of pyridine rings is 1. The van der Waals surface area contributed by atoms with E-state index < -0.39 is 24.2 Å². The number of piperazine rings is 1. The molecular formula is C37H43ClF3N9O7. The first-order valence-corrected chi connectivity index (χ1v) is 18.3. The summed E-state index contributed by atoms with van der Waals surface area (Å²) in [5, 5.41) is 14.8. The Morgan fingerprint density at radius 3 is 2.28 bits per heavy atom. The lowest BCUT2D eigenvalue weighted by molar-refractivity contribution is -0.895. The fraction of sp³-hybridized carbons (Fsp3) is 0.432. The standard InChI is InChI=1S/C36H41ClF3N9O5.CH2O2/c1-45-29(27-22-48(44-31(27)36(38,39)40)30-8-6-25(20-41-30)54-18-17-53-4)21-42-32(45)33(50)43-24-5-7-26(28(37)19-24)35(52)47-13-11-46(12-14-47)34(51)23-9-15-49(2,3)16-10-23;2-1-3/h5-8,19-23H,9-18H2,1-4H3;1H,(H,2,3). The number of ether oxygens (including phenoxy) is 2. The number of nitrogens with zero attached hydrogens (tertiary/aromatic N) is 8. The molecule has 306 valence electrons. The predicted molar refractivity (Wildman–Crippen MR) is 198 cm³/mol. The Hall–Kier alpha value is -5.53. The number of carbonyl (C=O) groups is 4. The third-order valence-corrected chi connectivity index (χ3v) is 10.1. The van der Waals surface area contributed by atoms with Crippen molar-refractivity contribution in [1.82, 2.24) is 34.1 Å². The number of hydrogen-bond donors (Lipinski definition) is 1. The quantitative estimate of drug-likeness (QED) is 0.142. The normalized spacial score (nSPS) is 15.7. The summed E-state index contributed by atoms with van der Waals surface area (Å²) >= 11 is 6.52. The third-order valence-electron chi connectivity index (χ3n) is 9.81. The first-order chi connectivity index (χ1) is 27.1. The number of halogens is 4. The van der Waals surface area contributed by atoms with Gasteiger partial charge in [0.25, 0.3) is 11.8 Å². The Kier molecular flexibility index (Phi) is 13.6. The molecule has 2 aliphatic rings. The third kappa shape index (κ3) is 10.3. The van der Waals surface area contributed by atoms with Gasteiger partial charge in [-0.3, -0.25) is 14.4 Å². The molecule has 0 aliphatic carbocycles. The van der Waals surface area contributed by atoms with Gasteiger partial charge in [-0.2, -0.15) is 18.3 Å². The van der Waals surface area contributed by atoms with Gasteiger partial charge < -0.3 is 43.5 Å². The van der Waals surface area contributed by atoms with Crippen molar-refractivity contribution < 1.29 is 51.4 Å². The van der Waals surface area contributed by atoms with Crippen molar-refractivity contribution >= 4 is 41.5 Å². The number of amides is 3. The number of quaternary nitrogens is 1. The fourth-order valence-electron chi connectivity index (χ4n) is 6.62. The van der Waals surface area contributed by atoms with Gasteiger partial charge in [-0.15, -0.1) is 0 Å². The van der Waals surface area contributed by atoms with E-state index in [9.17, 15) is 27.6 Å². The van der Waals surface area contributed by atoms with E-state index in [-0.39, 0.29) is 63.5 Å². The number of rotatable bonds is 10. The highest BCUT2D eigenvalue weighted by molar-refractivity contribution is 6.34. The molecule has 57 heavy (non-hydrogen) atoms. The monoisotopic (exact) mass is 817 g/mol. The maximum atomic E-state index is 14.2. The van der Waals surface area contributed by atoms with Gasteiger partial charge >= 0.3 is 6.18 Å². The van der Waals surface area contributed by atoms with E-state index >= 15 is 0 Å². The Morgan fingerprint density at radius 1 is 1.02 bits per heavy atom. The summed E-state index contributed by atoms with van der Waals surface area (Å²) in [4.78, 5) is 59.9. The van der Waals surface area contributed by atoms with E-state index in [1.165, 1.54) is 55.4 Å². The van der Waals surface area contributed by atoms with Crippen LogP contribution in [0.5, 0.6) is 5.75 Å². The maximum absolute atomic E-state index is 14.2. The van der Waals surface area contributed by atoms with Crippen molar-refractivity contribution in [3.63, 3.8) is 0 Å². The van der Waals surface area contributed by atoms with Gasteiger partial charge in [0.2, 0.25) is 5.91 Å². The van der Waals surface area contributed by atoms with Crippen molar-refractivity contribution in [2.75, 3.05) is 79.0 Å². The lowest BCUT2D eigenvalue weighted by atomic mass is 9.94. The number of carbonyl (C=O) groups excluding carboxylic acids is 4. The van der Waals surface area contributed by atoms with Gasteiger partial charge in [-0.1, -0.05) is 11.6 Å². The molecule has 1 N–H and O–H groups in total. The van der Waals surface area contributed by atoms with Crippen LogP contribution in [0.25, 0.3) is 17.1 Å². The minimum absolute atomic E-state index is 0.0130. The summed E-state index contributed by atoms with van der Waals surface area (Å²) in [6.07, 6.45) is 0.571. The Bertz CT molecular complexity index is 2050. The molecule has 1 aromatic carbocycles. The van der Waals surface area contributed by atoms with Crippen LogP contribution in [0, 0.1) is 5.92 Å². The average Bonchev–Trinajstić information content (AvgIpc) is 3.79. The Labute approximate surface area is 331 Å². The average molecular weight is 818 g/mol. The number of imidazole rings is 1. The summed E-state index contributed by atoms with van der Waals surface area (Å²) in [7, 11) is 7.29. The molecule has 2 aliphatic heterocycles. The van der Waals surface area contributed by atoms with Gasteiger partial charge in [0.05, 0.1) is 68.0 Å². The molecule has 2 fully saturated rings. The molecule has 0 bridgehead atoms. The first kappa shape index (κ1) is 42.6. The highest BCUT2D eigenvalue weighted by atomic mass is 35.5. The summed E-state index contributed by atoms with van der Waals surface area (Å²) in [5.41, 5.74) is -1.03. The lowest BCUT2D eigenvalue weighted by Crippen LogP contribution is -2.54. The van der Waals surface area contributed by atoms with Crippen LogP contribution in [0.15, 0.2) is 48.9 Å².